The maximum absolute atomic E-state index is 13.7. The Balaban J connectivity index is 2.11. The van der Waals surface area contributed by atoms with Gasteiger partial charge in [-0.05, 0) is 31.4 Å². The van der Waals surface area contributed by atoms with E-state index in [4.69, 9.17) is 10.7 Å². The summed E-state index contributed by atoms with van der Waals surface area (Å²) in [5.41, 5.74) is -0.123. The molecule has 0 spiro atoms. The van der Waals surface area contributed by atoms with E-state index in [1.54, 1.807) is 0 Å². The van der Waals surface area contributed by atoms with Crippen LogP contribution in [0.3, 0.4) is 0 Å². The molecule has 0 saturated heterocycles. The Labute approximate surface area is 128 Å². The predicted octanol–water partition coefficient (Wildman–Crippen LogP) is 2.98. The first-order valence-electron chi connectivity index (χ1n) is 6.82. The van der Waals surface area contributed by atoms with Crippen LogP contribution in [0.4, 0.5) is 4.39 Å². The molecule has 0 radical (unpaired) electrons. The molecule has 7 heteroatoms. The molecule has 0 unspecified atom stereocenters. The molecule has 4 nitrogen and oxygen atoms in total. The van der Waals surface area contributed by atoms with Crippen LogP contribution < -0.4 is 5.32 Å². The van der Waals surface area contributed by atoms with Crippen LogP contribution in [0.2, 0.25) is 0 Å². The molecule has 0 aliphatic heterocycles. The smallest absolute Gasteiger partial charge is 0.261 e. The lowest BCUT2D eigenvalue weighted by Gasteiger charge is -2.25. The summed E-state index contributed by atoms with van der Waals surface area (Å²) in [4.78, 5) is 11.6. The molecule has 0 bridgehead atoms. The van der Waals surface area contributed by atoms with Crippen molar-refractivity contribution in [3.05, 3.63) is 29.1 Å². The van der Waals surface area contributed by atoms with E-state index < -0.39 is 20.8 Å². The fourth-order valence-corrected chi connectivity index (χ4v) is 3.52. The lowest BCUT2D eigenvalue weighted by molar-refractivity contribution is 0.0948. The molecule has 1 fully saturated rings. The lowest BCUT2D eigenvalue weighted by atomic mass is 9.83. The minimum absolute atomic E-state index is 0.0362. The van der Waals surface area contributed by atoms with Crippen LogP contribution >= 0.6 is 10.7 Å². The van der Waals surface area contributed by atoms with Gasteiger partial charge in [-0.2, -0.15) is 0 Å². The Morgan fingerprint density at radius 3 is 2.62 bits per heavy atom. The molecular formula is C14H17ClFNO3S. The zero-order chi connectivity index (χ0) is 15.6. The minimum atomic E-state index is -4.09. The second kappa shape index (κ2) is 6.32. The number of amides is 1. The Bertz CT molecular complexity index is 656. The number of hydrogen-bond donors (Lipinski definition) is 1. The molecule has 1 aromatic carbocycles. The number of carbonyl (C=O) groups excluding carboxylic acids is 1. The van der Waals surface area contributed by atoms with Crippen molar-refractivity contribution in [2.45, 2.75) is 37.5 Å². The average Bonchev–Trinajstić information content (AvgIpc) is 2.33. The Hall–Kier alpha value is -1.14. The molecule has 1 N–H and O–H groups in total. The van der Waals surface area contributed by atoms with Crippen molar-refractivity contribution < 1.29 is 17.6 Å². The third-order valence-corrected chi connectivity index (χ3v) is 5.33. The van der Waals surface area contributed by atoms with Gasteiger partial charge < -0.3 is 5.32 Å². The largest absolute Gasteiger partial charge is 0.352 e. The van der Waals surface area contributed by atoms with E-state index in [0.29, 0.717) is 12.5 Å². The predicted molar refractivity (Wildman–Crippen MR) is 78.5 cm³/mol. The first kappa shape index (κ1) is 16.2. The van der Waals surface area contributed by atoms with Crippen LogP contribution in [0.5, 0.6) is 0 Å². The first-order chi connectivity index (χ1) is 9.79. The fourth-order valence-electron chi connectivity index (χ4n) is 2.31. The van der Waals surface area contributed by atoms with Crippen molar-refractivity contribution in [2.24, 2.45) is 5.92 Å². The Morgan fingerprint density at radius 2 is 2.10 bits per heavy atom. The van der Waals surface area contributed by atoms with Gasteiger partial charge in [-0.3, -0.25) is 4.79 Å². The molecular weight excluding hydrogens is 317 g/mol. The first-order valence-corrected chi connectivity index (χ1v) is 9.13. The van der Waals surface area contributed by atoms with E-state index in [-0.39, 0.29) is 16.0 Å². The average molecular weight is 334 g/mol. The van der Waals surface area contributed by atoms with Crippen LogP contribution in [0.25, 0.3) is 0 Å². The van der Waals surface area contributed by atoms with Crippen LogP contribution in [0.15, 0.2) is 17.0 Å². The summed E-state index contributed by atoms with van der Waals surface area (Å²) in [7, 11) is 1.17. The van der Waals surface area contributed by atoms with Crippen LogP contribution in [-0.4, -0.2) is 20.9 Å². The number of halogens is 2. The van der Waals surface area contributed by atoms with Crippen LogP contribution in [0.1, 0.15) is 41.6 Å². The minimum Gasteiger partial charge on any atom is -0.352 e. The molecule has 1 aliphatic rings. The van der Waals surface area contributed by atoms with E-state index in [1.165, 1.54) is 26.2 Å². The highest BCUT2D eigenvalue weighted by molar-refractivity contribution is 8.13. The van der Waals surface area contributed by atoms with E-state index in [2.05, 4.69) is 5.32 Å². The fraction of sp³-hybridized carbons (Fsp3) is 0.500. The summed E-state index contributed by atoms with van der Waals surface area (Å²) in [5, 5.41) is 2.68. The molecule has 0 aromatic heterocycles. The van der Waals surface area contributed by atoms with Gasteiger partial charge in [0.05, 0.1) is 4.90 Å². The summed E-state index contributed by atoms with van der Waals surface area (Å²) in [6, 6.07) is 2.14. The zero-order valence-corrected chi connectivity index (χ0v) is 13.2. The maximum atomic E-state index is 13.7. The van der Waals surface area contributed by atoms with E-state index in [0.717, 1.165) is 18.6 Å². The van der Waals surface area contributed by atoms with Gasteiger partial charge in [-0.15, -0.1) is 0 Å². The van der Waals surface area contributed by atoms with Gasteiger partial charge in [0.1, 0.15) is 5.82 Å². The molecule has 1 amide bonds. The monoisotopic (exact) mass is 333 g/mol. The van der Waals surface area contributed by atoms with E-state index in [9.17, 15) is 17.6 Å². The van der Waals surface area contributed by atoms with Gasteiger partial charge in [0.15, 0.2) is 0 Å². The van der Waals surface area contributed by atoms with Crippen LogP contribution in [-0.2, 0) is 9.05 Å². The third-order valence-electron chi connectivity index (χ3n) is 3.88. The third kappa shape index (κ3) is 3.95. The zero-order valence-electron chi connectivity index (χ0n) is 11.7. The van der Waals surface area contributed by atoms with Gasteiger partial charge in [0.2, 0.25) is 0 Å². The standard InChI is InChI=1S/C14H17ClFNO3S/c1-9-12(16)7-11(8-13(9)21(15,19)20)14(18)17-6-5-10-3-2-4-10/h7-8,10H,2-6H2,1H3,(H,17,18). The molecule has 116 valence electrons. The summed E-state index contributed by atoms with van der Waals surface area (Å²) in [6.45, 7) is 1.81. The van der Waals surface area contributed by atoms with Crippen molar-refractivity contribution in [3.63, 3.8) is 0 Å². The van der Waals surface area contributed by atoms with Gasteiger partial charge in [0, 0.05) is 28.4 Å². The number of carbonyl (C=O) groups is 1. The highest BCUT2D eigenvalue weighted by Crippen LogP contribution is 2.29. The van der Waals surface area contributed by atoms with E-state index >= 15 is 0 Å². The summed E-state index contributed by atoms with van der Waals surface area (Å²) >= 11 is 0. The molecule has 0 atom stereocenters. The molecule has 1 aliphatic carbocycles. The van der Waals surface area contributed by atoms with Gasteiger partial charge in [0.25, 0.3) is 15.0 Å². The molecule has 0 heterocycles. The van der Waals surface area contributed by atoms with Crippen molar-refractivity contribution >= 4 is 25.6 Å². The van der Waals surface area contributed by atoms with Crippen molar-refractivity contribution in [3.8, 4) is 0 Å². The molecule has 2 rings (SSSR count). The van der Waals surface area contributed by atoms with Crippen molar-refractivity contribution in [1.29, 1.82) is 0 Å². The van der Waals surface area contributed by atoms with Crippen molar-refractivity contribution in [2.75, 3.05) is 6.54 Å². The Morgan fingerprint density at radius 1 is 1.43 bits per heavy atom. The Kier molecular flexibility index (Phi) is 4.88. The lowest BCUT2D eigenvalue weighted by Crippen LogP contribution is -2.27. The highest BCUT2D eigenvalue weighted by atomic mass is 35.7. The molecule has 21 heavy (non-hydrogen) atoms. The highest BCUT2D eigenvalue weighted by Gasteiger charge is 2.21. The summed E-state index contributed by atoms with van der Waals surface area (Å²) in [6.07, 6.45) is 4.49. The summed E-state index contributed by atoms with van der Waals surface area (Å²) < 4.78 is 36.5. The molecule has 1 aromatic rings. The van der Waals surface area contributed by atoms with Crippen LogP contribution in [0, 0.1) is 18.7 Å². The topological polar surface area (TPSA) is 63.2 Å². The number of hydrogen-bond acceptors (Lipinski definition) is 3. The number of rotatable bonds is 5. The second-order valence-corrected chi connectivity index (χ2v) is 7.89. The maximum Gasteiger partial charge on any atom is 0.261 e. The molecule has 1 saturated carbocycles. The van der Waals surface area contributed by atoms with E-state index in [1.807, 2.05) is 0 Å². The van der Waals surface area contributed by atoms with Gasteiger partial charge in [-0.25, -0.2) is 12.8 Å². The summed E-state index contributed by atoms with van der Waals surface area (Å²) in [5.74, 6) is -0.602. The quantitative estimate of drug-likeness (QED) is 0.842. The van der Waals surface area contributed by atoms with Gasteiger partial charge in [-0.1, -0.05) is 19.3 Å². The van der Waals surface area contributed by atoms with Crippen molar-refractivity contribution in [1.82, 2.24) is 5.32 Å². The second-order valence-electron chi connectivity index (χ2n) is 5.36. The number of benzene rings is 1. The normalized spacial score (nSPS) is 15.6. The SMILES string of the molecule is Cc1c(F)cc(C(=O)NCCC2CCC2)cc1S(=O)(=O)Cl. The number of nitrogens with one attached hydrogen (secondary N) is 1. The van der Waals surface area contributed by atoms with Gasteiger partial charge >= 0.3 is 0 Å².